The molecule has 2 aromatic rings. The van der Waals surface area contributed by atoms with Crippen molar-refractivity contribution in [1.82, 2.24) is 10.6 Å². The highest BCUT2D eigenvalue weighted by Gasteiger charge is 2.29. The molecule has 0 aromatic heterocycles. The maximum atomic E-state index is 12.7. The Kier molecular flexibility index (Phi) is 6.91. The van der Waals surface area contributed by atoms with Gasteiger partial charge in [0.05, 0.1) is 11.1 Å². The molecule has 3 rings (SSSR count). The first-order valence-corrected chi connectivity index (χ1v) is 10.8. The summed E-state index contributed by atoms with van der Waals surface area (Å²) in [5, 5.41) is 6.27. The Hall–Kier alpha value is -1.16. The molecule has 0 bridgehead atoms. The van der Waals surface area contributed by atoms with Gasteiger partial charge in [-0.1, -0.05) is 37.1 Å². The molecule has 1 saturated carbocycles. The Morgan fingerprint density at radius 1 is 0.731 bits per heavy atom. The Bertz CT molecular complexity index is 742. The third-order valence-corrected chi connectivity index (χ3v) is 6.52. The number of hydrogen-bond donors (Lipinski definition) is 2. The number of benzene rings is 2. The van der Waals surface area contributed by atoms with Crippen molar-refractivity contribution in [3.05, 3.63) is 66.8 Å². The predicted molar refractivity (Wildman–Crippen MR) is 119 cm³/mol. The summed E-state index contributed by atoms with van der Waals surface area (Å²) in [6, 6.07) is 15.0. The minimum atomic E-state index is -0.0737. The number of carbonyl (C=O) groups is 2. The molecule has 6 heteroatoms. The molecular weight excluding hydrogens is 554 g/mol. The van der Waals surface area contributed by atoms with Crippen molar-refractivity contribution < 1.29 is 9.59 Å². The summed E-state index contributed by atoms with van der Waals surface area (Å²) in [6.07, 6.45) is 3.89. The van der Waals surface area contributed by atoms with E-state index >= 15 is 0 Å². The summed E-state index contributed by atoms with van der Waals surface area (Å²) < 4.78 is 1.86. The van der Waals surface area contributed by atoms with Gasteiger partial charge in [-0.05, 0) is 82.3 Å². The lowest BCUT2D eigenvalue weighted by Gasteiger charge is -2.33. The van der Waals surface area contributed by atoms with Gasteiger partial charge in [0.25, 0.3) is 11.8 Å². The zero-order chi connectivity index (χ0) is 18.5. The SMILES string of the molecule is O=C(N[C@@H]1CCCC[C@H]1NC(=O)c1ccccc1I)c1ccccc1I. The summed E-state index contributed by atoms with van der Waals surface area (Å²) in [5.74, 6) is -0.147. The van der Waals surface area contributed by atoms with Crippen LogP contribution in [0.3, 0.4) is 0 Å². The summed E-state index contributed by atoms with van der Waals surface area (Å²) in [6.45, 7) is 0. The average molecular weight is 574 g/mol. The van der Waals surface area contributed by atoms with Crippen LogP contribution in [0.5, 0.6) is 0 Å². The fraction of sp³-hybridized carbons (Fsp3) is 0.300. The molecule has 0 unspecified atom stereocenters. The molecule has 1 aliphatic rings. The summed E-state index contributed by atoms with van der Waals surface area (Å²) in [5.41, 5.74) is 1.36. The van der Waals surface area contributed by atoms with E-state index in [0.29, 0.717) is 11.1 Å². The van der Waals surface area contributed by atoms with E-state index in [0.717, 1.165) is 32.8 Å². The summed E-state index contributed by atoms with van der Waals surface area (Å²) in [4.78, 5) is 25.3. The maximum Gasteiger partial charge on any atom is 0.252 e. The maximum absolute atomic E-state index is 12.7. The van der Waals surface area contributed by atoms with Gasteiger partial charge in [-0.3, -0.25) is 9.59 Å². The van der Waals surface area contributed by atoms with Gasteiger partial charge in [0, 0.05) is 19.2 Å². The average Bonchev–Trinajstić information content (AvgIpc) is 2.64. The van der Waals surface area contributed by atoms with Gasteiger partial charge < -0.3 is 10.6 Å². The van der Waals surface area contributed by atoms with Crippen LogP contribution >= 0.6 is 45.2 Å². The fourth-order valence-electron chi connectivity index (χ4n) is 3.26. The molecule has 2 aromatic carbocycles. The number of hydrogen-bond acceptors (Lipinski definition) is 2. The largest absolute Gasteiger partial charge is 0.347 e. The van der Waals surface area contributed by atoms with Gasteiger partial charge in [0.2, 0.25) is 0 Å². The molecule has 2 N–H and O–H groups in total. The monoisotopic (exact) mass is 574 g/mol. The van der Waals surface area contributed by atoms with Gasteiger partial charge in [-0.25, -0.2) is 0 Å². The van der Waals surface area contributed by atoms with E-state index in [4.69, 9.17) is 0 Å². The number of rotatable bonds is 4. The molecule has 0 spiro atoms. The lowest BCUT2D eigenvalue weighted by molar-refractivity contribution is 0.0862. The number of amides is 2. The van der Waals surface area contributed by atoms with Crippen molar-refractivity contribution in [2.75, 3.05) is 0 Å². The Labute approximate surface area is 180 Å². The van der Waals surface area contributed by atoms with Crippen LogP contribution in [0.4, 0.5) is 0 Å². The first-order chi connectivity index (χ1) is 12.6. The van der Waals surface area contributed by atoms with Crippen molar-refractivity contribution in [2.45, 2.75) is 37.8 Å². The molecule has 1 aliphatic carbocycles. The molecule has 4 nitrogen and oxygen atoms in total. The molecule has 136 valence electrons. The summed E-state index contributed by atoms with van der Waals surface area (Å²) in [7, 11) is 0. The van der Waals surface area contributed by atoms with E-state index in [1.807, 2.05) is 48.5 Å². The van der Waals surface area contributed by atoms with E-state index < -0.39 is 0 Å². The highest BCUT2D eigenvalue weighted by molar-refractivity contribution is 14.1. The smallest absolute Gasteiger partial charge is 0.252 e. The summed E-state index contributed by atoms with van der Waals surface area (Å²) >= 11 is 4.35. The van der Waals surface area contributed by atoms with E-state index in [1.54, 1.807) is 0 Å². The zero-order valence-electron chi connectivity index (χ0n) is 14.2. The molecule has 1 fully saturated rings. The van der Waals surface area contributed by atoms with Crippen molar-refractivity contribution in [3.8, 4) is 0 Å². The van der Waals surface area contributed by atoms with E-state index in [1.165, 1.54) is 0 Å². The molecule has 0 aliphatic heterocycles. The molecule has 2 atom stereocenters. The second-order valence-corrected chi connectivity index (χ2v) is 8.73. The second kappa shape index (κ2) is 9.16. The normalized spacial score (nSPS) is 19.6. The van der Waals surface area contributed by atoms with Crippen molar-refractivity contribution >= 4 is 57.0 Å². The first-order valence-electron chi connectivity index (χ1n) is 8.67. The van der Waals surface area contributed by atoms with E-state index in [-0.39, 0.29) is 23.9 Å². The van der Waals surface area contributed by atoms with Gasteiger partial charge in [-0.15, -0.1) is 0 Å². The topological polar surface area (TPSA) is 58.2 Å². The van der Waals surface area contributed by atoms with Crippen molar-refractivity contribution in [1.29, 1.82) is 0 Å². The first kappa shape index (κ1) is 19.6. The third-order valence-electron chi connectivity index (χ3n) is 4.64. The van der Waals surface area contributed by atoms with Crippen molar-refractivity contribution in [3.63, 3.8) is 0 Å². The second-order valence-electron chi connectivity index (χ2n) is 6.40. The standard InChI is InChI=1S/C20H20I2N2O2/c21-15-9-3-1-7-13(15)19(25)23-17-11-5-6-12-18(17)24-20(26)14-8-2-4-10-16(14)22/h1-4,7-10,17-18H,5-6,11-12H2,(H,23,25)(H,24,26)/t17-,18-/m1/s1. The lowest BCUT2D eigenvalue weighted by Crippen LogP contribution is -2.53. The Morgan fingerprint density at radius 3 is 1.50 bits per heavy atom. The van der Waals surface area contributed by atoms with Gasteiger partial charge in [-0.2, -0.15) is 0 Å². The molecule has 2 amide bonds. The van der Waals surface area contributed by atoms with Gasteiger partial charge in [0.15, 0.2) is 0 Å². The van der Waals surface area contributed by atoms with Crippen LogP contribution in [0, 0.1) is 7.14 Å². The Balaban J connectivity index is 1.70. The predicted octanol–water partition coefficient (Wildman–Crippen LogP) is 4.37. The third kappa shape index (κ3) is 4.76. The number of halogens is 2. The van der Waals surface area contributed by atoms with Crippen LogP contribution in [-0.2, 0) is 0 Å². The molecule has 0 radical (unpaired) electrons. The molecule has 26 heavy (non-hydrogen) atoms. The minimum absolute atomic E-state index is 0.0439. The number of nitrogens with one attached hydrogen (secondary N) is 2. The lowest BCUT2D eigenvalue weighted by atomic mass is 9.89. The highest BCUT2D eigenvalue weighted by Crippen LogP contribution is 2.21. The van der Waals surface area contributed by atoms with Crippen LogP contribution < -0.4 is 10.6 Å². The molecule has 0 saturated heterocycles. The fourth-order valence-corrected chi connectivity index (χ4v) is 4.52. The Morgan fingerprint density at radius 2 is 1.12 bits per heavy atom. The molecule has 0 heterocycles. The quantitative estimate of drug-likeness (QED) is 0.534. The van der Waals surface area contributed by atoms with Crippen LogP contribution in [0.25, 0.3) is 0 Å². The zero-order valence-corrected chi connectivity index (χ0v) is 18.5. The van der Waals surface area contributed by atoms with Gasteiger partial charge >= 0.3 is 0 Å². The van der Waals surface area contributed by atoms with Crippen molar-refractivity contribution in [2.24, 2.45) is 0 Å². The van der Waals surface area contributed by atoms with Gasteiger partial charge in [0.1, 0.15) is 0 Å². The van der Waals surface area contributed by atoms with Crippen LogP contribution in [0.15, 0.2) is 48.5 Å². The van der Waals surface area contributed by atoms with E-state index in [9.17, 15) is 9.59 Å². The van der Waals surface area contributed by atoms with Crippen LogP contribution in [0.1, 0.15) is 46.4 Å². The molecular formula is C20H20I2N2O2. The number of carbonyl (C=O) groups excluding carboxylic acids is 2. The highest BCUT2D eigenvalue weighted by atomic mass is 127. The minimum Gasteiger partial charge on any atom is -0.347 e. The van der Waals surface area contributed by atoms with E-state index in [2.05, 4.69) is 55.8 Å². The van der Waals surface area contributed by atoms with Crippen LogP contribution in [0.2, 0.25) is 0 Å². The van der Waals surface area contributed by atoms with Crippen LogP contribution in [-0.4, -0.2) is 23.9 Å².